The minimum Gasteiger partial charge on any atom is -0.379 e. The van der Waals surface area contributed by atoms with Crippen molar-refractivity contribution in [2.45, 2.75) is 20.8 Å². The van der Waals surface area contributed by atoms with Gasteiger partial charge in [-0.2, -0.15) is 0 Å². The summed E-state index contributed by atoms with van der Waals surface area (Å²) in [4.78, 5) is 0. The number of hydrogen-bond donors (Lipinski definition) is 0. The zero-order chi connectivity index (χ0) is 12.3. The van der Waals surface area contributed by atoms with Crippen molar-refractivity contribution in [2.75, 3.05) is 45.8 Å². The molecule has 0 saturated carbocycles. The number of rotatable bonds is 11. The number of hydrogen-bond acceptors (Lipinski definition) is 5. The second-order valence-electron chi connectivity index (χ2n) is 2.99. The summed E-state index contributed by atoms with van der Waals surface area (Å²) in [5, 5.41) is 0. The fourth-order valence-corrected chi connectivity index (χ4v) is 2.12. The van der Waals surface area contributed by atoms with E-state index in [1.165, 1.54) is 0 Å². The Morgan fingerprint density at radius 2 is 1.25 bits per heavy atom. The molecular weight excluding hydrogens is 231 g/mol. The molecule has 0 aliphatic heterocycles. The Morgan fingerprint density at radius 1 is 0.812 bits per heavy atom. The van der Waals surface area contributed by atoms with E-state index in [0.717, 1.165) is 0 Å². The van der Waals surface area contributed by atoms with Gasteiger partial charge in [-0.3, -0.25) is 4.57 Å². The smallest absolute Gasteiger partial charge is 0.330 e. The van der Waals surface area contributed by atoms with Crippen molar-refractivity contribution >= 4 is 7.60 Å². The first-order valence-electron chi connectivity index (χ1n) is 5.72. The van der Waals surface area contributed by atoms with Gasteiger partial charge in [-0.15, -0.1) is 0 Å². The third-order valence-corrected chi connectivity index (χ3v) is 3.75. The first kappa shape index (κ1) is 16.1. The van der Waals surface area contributed by atoms with E-state index in [4.69, 9.17) is 18.5 Å². The van der Waals surface area contributed by atoms with Gasteiger partial charge in [0.2, 0.25) is 0 Å². The second-order valence-corrected chi connectivity index (χ2v) is 5.36. The normalized spacial score (nSPS) is 11.9. The van der Waals surface area contributed by atoms with E-state index >= 15 is 0 Å². The molecule has 6 heteroatoms. The highest BCUT2D eigenvalue weighted by Gasteiger charge is 2.21. The average molecular weight is 254 g/mol. The molecule has 0 spiro atoms. The average Bonchev–Trinajstić information content (AvgIpc) is 2.31. The van der Waals surface area contributed by atoms with Crippen molar-refractivity contribution in [3.8, 4) is 0 Å². The Labute approximate surface area is 97.9 Å². The maximum absolute atomic E-state index is 12.0. The van der Waals surface area contributed by atoms with Crippen molar-refractivity contribution in [3.05, 3.63) is 0 Å². The molecule has 0 radical (unpaired) electrons. The van der Waals surface area contributed by atoms with Gasteiger partial charge in [0, 0.05) is 19.4 Å². The molecule has 0 aliphatic carbocycles. The minimum atomic E-state index is -2.94. The molecular formula is C10H23O5P. The molecule has 0 bridgehead atoms. The van der Waals surface area contributed by atoms with Crippen LogP contribution in [-0.4, -0.2) is 45.8 Å². The Bertz CT molecular complexity index is 182. The van der Waals surface area contributed by atoms with Gasteiger partial charge in [-0.1, -0.05) is 6.92 Å². The Morgan fingerprint density at radius 3 is 1.56 bits per heavy atom. The predicted octanol–water partition coefficient (Wildman–Crippen LogP) is 2.31. The monoisotopic (exact) mass is 254 g/mol. The molecule has 0 N–H and O–H groups in total. The Kier molecular flexibility index (Phi) is 10.3. The molecule has 0 aromatic rings. The molecule has 0 amide bonds. The first-order chi connectivity index (χ1) is 7.68. The lowest BCUT2D eigenvalue weighted by atomic mass is 10.8. The molecule has 0 saturated heterocycles. The lowest BCUT2D eigenvalue weighted by molar-refractivity contribution is 0.0815. The molecule has 16 heavy (non-hydrogen) atoms. The molecule has 0 heterocycles. The maximum Gasteiger partial charge on any atom is 0.330 e. The third kappa shape index (κ3) is 8.25. The first-order valence-corrected chi connectivity index (χ1v) is 7.45. The van der Waals surface area contributed by atoms with Gasteiger partial charge in [-0.05, 0) is 13.8 Å². The van der Waals surface area contributed by atoms with Crippen LogP contribution in [-0.2, 0) is 23.1 Å². The zero-order valence-electron chi connectivity index (χ0n) is 10.4. The molecule has 0 fully saturated rings. The van der Waals surface area contributed by atoms with Crippen LogP contribution in [0.25, 0.3) is 0 Å². The van der Waals surface area contributed by atoms with Crippen LogP contribution < -0.4 is 0 Å². The molecule has 0 aromatic heterocycles. The van der Waals surface area contributed by atoms with Gasteiger partial charge >= 0.3 is 7.60 Å². The molecule has 0 unspecified atom stereocenters. The van der Waals surface area contributed by atoms with Crippen LogP contribution in [0.15, 0.2) is 0 Å². The lowest BCUT2D eigenvalue weighted by Crippen LogP contribution is -2.08. The van der Waals surface area contributed by atoms with Crippen LogP contribution in [0.5, 0.6) is 0 Å². The van der Waals surface area contributed by atoms with E-state index in [-0.39, 0.29) is 0 Å². The van der Waals surface area contributed by atoms with E-state index in [1.807, 2.05) is 13.8 Å². The van der Waals surface area contributed by atoms with Gasteiger partial charge in [0.05, 0.1) is 26.4 Å². The van der Waals surface area contributed by atoms with Gasteiger partial charge in [0.25, 0.3) is 0 Å². The lowest BCUT2D eigenvalue weighted by Gasteiger charge is -2.16. The van der Waals surface area contributed by atoms with Crippen LogP contribution in [0.4, 0.5) is 0 Å². The largest absolute Gasteiger partial charge is 0.379 e. The topological polar surface area (TPSA) is 54.0 Å². The van der Waals surface area contributed by atoms with Crippen molar-refractivity contribution in [2.24, 2.45) is 0 Å². The van der Waals surface area contributed by atoms with Crippen LogP contribution >= 0.6 is 7.60 Å². The third-order valence-electron chi connectivity index (χ3n) is 1.83. The molecule has 0 atom stereocenters. The minimum absolute atomic E-state index is 0.299. The van der Waals surface area contributed by atoms with E-state index in [1.54, 1.807) is 6.92 Å². The summed E-state index contributed by atoms with van der Waals surface area (Å²) in [5.41, 5.74) is 0. The highest BCUT2D eigenvalue weighted by Crippen LogP contribution is 2.47. The maximum atomic E-state index is 12.0. The van der Waals surface area contributed by atoms with Crippen molar-refractivity contribution in [1.82, 2.24) is 0 Å². The van der Waals surface area contributed by atoms with Gasteiger partial charge in [0.15, 0.2) is 0 Å². The van der Waals surface area contributed by atoms with Crippen LogP contribution in [0.3, 0.4) is 0 Å². The summed E-state index contributed by atoms with van der Waals surface area (Å²) in [6, 6.07) is 0. The van der Waals surface area contributed by atoms with Gasteiger partial charge in [-0.25, -0.2) is 0 Å². The standard InChI is InChI=1S/C10H23O5P/c1-4-12-7-9-14-16(11,6-3)15-10-8-13-5-2/h4-10H2,1-3H3. The fourth-order valence-electron chi connectivity index (χ4n) is 0.979. The Balaban J connectivity index is 3.69. The second kappa shape index (κ2) is 10.2. The van der Waals surface area contributed by atoms with E-state index in [9.17, 15) is 4.57 Å². The summed E-state index contributed by atoms with van der Waals surface area (Å²) in [7, 11) is -2.94. The summed E-state index contributed by atoms with van der Waals surface area (Å²) < 4.78 is 32.6. The summed E-state index contributed by atoms with van der Waals surface area (Å²) in [5.74, 6) is 0. The van der Waals surface area contributed by atoms with E-state index in [2.05, 4.69) is 0 Å². The summed E-state index contributed by atoms with van der Waals surface area (Å²) in [6.07, 6.45) is 0.366. The SMILES string of the molecule is CCOCCOP(=O)(CC)OCCOCC. The van der Waals surface area contributed by atoms with E-state index < -0.39 is 7.60 Å². The summed E-state index contributed by atoms with van der Waals surface area (Å²) in [6.45, 7) is 8.32. The number of ether oxygens (including phenoxy) is 2. The predicted molar refractivity (Wildman–Crippen MR) is 63.0 cm³/mol. The quantitative estimate of drug-likeness (QED) is 0.418. The van der Waals surface area contributed by atoms with Crippen molar-refractivity contribution in [3.63, 3.8) is 0 Å². The van der Waals surface area contributed by atoms with Crippen LogP contribution in [0.2, 0.25) is 0 Å². The van der Waals surface area contributed by atoms with E-state index in [0.29, 0.717) is 45.8 Å². The molecule has 98 valence electrons. The van der Waals surface area contributed by atoms with Gasteiger partial charge < -0.3 is 18.5 Å². The Hall–Kier alpha value is 0.0700. The zero-order valence-corrected chi connectivity index (χ0v) is 11.3. The van der Waals surface area contributed by atoms with Crippen molar-refractivity contribution in [1.29, 1.82) is 0 Å². The summed E-state index contributed by atoms with van der Waals surface area (Å²) >= 11 is 0. The van der Waals surface area contributed by atoms with Crippen molar-refractivity contribution < 1.29 is 23.1 Å². The fraction of sp³-hybridized carbons (Fsp3) is 1.00. The molecule has 5 nitrogen and oxygen atoms in total. The molecule has 0 aromatic carbocycles. The van der Waals surface area contributed by atoms with Crippen LogP contribution in [0, 0.1) is 0 Å². The van der Waals surface area contributed by atoms with Crippen LogP contribution in [0.1, 0.15) is 20.8 Å². The molecule has 0 aliphatic rings. The molecule has 0 rings (SSSR count). The van der Waals surface area contributed by atoms with Gasteiger partial charge in [0.1, 0.15) is 0 Å². The highest BCUT2D eigenvalue weighted by atomic mass is 31.2. The highest BCUT2D eigenvalue weighted by molar-refractivity contribution is 7.53.